The van der Waals surface area contributed by atoms with Crippen molar-refractivity contribution in [3.05, 3.63) is 36.5 Å². The van der Waals surface area contributed by atoms with Crippen LogP contribution in [0.5, 0.6) is 0 Å². The molecule has 0 amide bonds. The van der Waals surface area contributed by atoms with Crippen LogP contribution in [0, 0.1) is 0 Å². The molecule has 9 nitrogen and oxygen atoms in total. The summed E-state index contributed by atoms with van der Waals surface area (Å²) in [6.45, 7) is 4.83. The molecule has 0 bridgehead atoms. The van der Waals surface area contributed by atoms with Gasteiger partial charge in [-0.05, 0) is 51.4 Å². The van der Waals surface area contributed by atoms with E-state index >= 15 is 0 Å². The van der Waals surface area contributed by atoms with Crippen molar-refractivity contribution in [2.24, 2.45) is 0 Å². The van der Waals surface area contributed by atoms with E-state index in [1.54, 1.807) is 0 Å². The average Bonchev–Trinajstić information content (AvgIpc) is 2.92. The molecule has 0 aliphatic rings. The van der Waals surface area contributed by atoms with Gasteiger partial charge < -0.3 is 33.3 Å². The van der Waals surface area contributed by atoms with Crippen molar-refractivity contribution in [3.8, 4) is 0 Å². The summed E-state index contributed by atoms with van der Waals surface area (Å²) < 4.78 is 22.9. The maximum Gasteiger partial charge on any atom is 0.306 e. The van der Waals surface area contributed by atoms with Crippen LogP contribution in [-0.4, -0.2) is 82.3 Å². The molecule has 95 heavy (non-hydrogen) atoms. The third-order valence-corrected chi connectivity index (χ3v) is 19.4. The molecule has 0 aromatic heterocycles. The molecule has 0 N–H and O–H groups in total. The number of hydrogen-bond acceptors (Lipinski definition) is 8. The first kappa shape index (κ1) is 92.5. The topological polar surface area (TPSA) is 111 Å². The van der Waals surface area contributed by atoms with Crippen molar-refractivity contribution >= 4 is 17.9 Å². The zero-order valence-electron chi connectivity index (χ0n) is 64.3. The van der Waals surface area contributed by atoms with E-state index in [4.69, 9.17) is 18.9 Å². The molecular weight excluding hydrogens is 1170 g/mol. The van der Waals surface area contributed by atoms with Gasteiger partial charge in [0.2, 0.25) is 0 Å². The number of unbranched alkanes of at least 4 members (excludes halogenated alkanes) is 59. The van der Waals surface area contributed by atoms with Gasteiger partial charge in [-0.25, -0.2) is 0 Å². The number of ether oxygens (including phenoxy) is 4. The molecule has 9 heteroatoms. The number of carboxylic acid groups (broad SMARTS) is 1. The van der Waals surface area contributed by atoms with Gasteiger partial charge in [-0.2, -0.15) is 0 Å². The molecule has 0 aliphatic carbocycles. The summed E-state index contributed by atoms with van der Waals surface area (Å²) in [6.07, 6.45) is 97.2. The minimum atomic E-state index is -1.62. The second kappa shape index (κ2) is 77.3. The lowest BCUT2D eigenvalue weighted by atomic mass is 10.0. The summed E-state index contributed by atoms with van der Waals surface area (Å²) >= 11 is 0. The van der Waals surface area contributed by atoms with Crippen LogP contribution < -0.4 is 5.11 Å². The zero-order chi connectivity index (χ0) is 69.0. The van der Waals surface area contributed by atoms with Gasteiger partial charge in [-0.15, -0.1) is 0 Å². The first-order valence-corrected chi connectivity index (χ1v) is 42.1. The molecule has 0 saturated heterocycles. The average molecular weight is 1340 g/mol. The molecule has 2 atom stereocenters. The summed E-state index contributed by atoms with van der Waals surface area (Å²) in [5.41, 5.74) is 0. The van der Waals surface area contributed by atoms with E-state index < -0.39 is 24.3 Å². The van der Waals surface area contributed by atoms with Crippen LogP contribution in [0.25, 0.3) is 0 Å². The molecule has 0 radical (unpaired) electrons. The van der Waals surface area contributed by atoms with Gasteiger partial charge in [-0.1, -0.05) is 410 Å². The van der Waals surface area contributed by atoms with Gasteiger partial charge in [0.05, 0.1) is 40.3 Å². The predicted molar refractivity (Wildman–Crippen MR) is 408 cm³/mol. The Bertz CT molecular complexity index is 1650. The van der Waals surface area contributed by atoms with Crippen LogP contribution in [0.3, 0.4) is 0 Å². The van der Waals surface area contributed by atoms with Crippen molar-refractivity contribution in [3.63, 3.8) is 0 Å². The fraction of sp³-hybridized carbons (Fsp3) is 0.895. The summed E-state index contributed by atoms with van der Waals surface area (Å²) in [5.74, 6) is -2.24. The predicted octanol–water partition coefficient (Wildman–Crippen LogP) is 25.7. The maximum absolute atomic E-state index is 13.0. The summed E-state index contributed by atoms with van der Waals surface area (Å²) in [4.78, 5) is 37.6. The molecule has 2 unspecified atom stereocenters. The Morgan fingerprint density at radius 3 is 0.842 bits per heavy atom. The van der Waals surface area contributed by atoms with E-state index in [9.17, 15) is 19.5 Å². The standard InChI is InChI=1S/C86H163NO8/c1-6-8-10-12-14-16-18-20-22-24-26-28-30-32-34-36-38-39-40-41-42-43-44-45-47-49-51-53-55-57-59-61-63-65-67-69-71-73-75-77-84(89)95-82(81-94-86(85(90)91)92-79-78-87(3,4)5)80-93-83(88)76-74-72-70-68-66-64-62-60-58-56-54-52-50-48-46-37-35-33-31-29-27-25-23-21-19-17-15-13-11-9-7-2/h18,20,24,26,30,32,82,86H,6-17,19,21-23,25,27-29,31,33-81H2,1-5H3/b20-18-,26-24-,32-30-. The molecule has 0 spiro atoms. The molecular formula is C86H163NO8. The Morgan fingerprint density at radius 2 is 0.568 bits per heavy atom. The van der Waals surface area contributed by atoms with Gasteiger partial charge >= 0.3 is 11.9 Å². The third kappa shape index (κ3) is 78.7. The first-order valence-electron chi connectivity index (χ1n) is 42.1. The van der Waals surface area contributed by atoms with E-state index in [-0.39, 0.29) is 32.2 Å². The molecule has 0 fully saturated rings. The van der Waals surface area contributed by atoms with Gasteiger partial charge in [0.1, 0.15) is 13.2 Å². The van der Waals surface area contributed by atoms with Gasteiger partial charge in [-0.3, -0.25) is 9.59 Å². The summed E-state index contributed by atoms with van der Waals surface area (Å²) in [7, 11) is 5.96. The zero-order valence-corrected chi connectivity index (χ0v) is 64.3. The Hall–Kier alpha value is -2.49. The number of likely N-dealkylation sites (N-methyl/N-ethyl adjacent to an activating group) is 1. The van der Waals surface area contributed by atoms with Crippen molar-refractivity contribution < 1.29 is 42.9 Å². The Morgan fingerprint density at radius 1 is 0.316 bits per heavy atom. The highest BCUT2D eigenvalue weighted by Crippen LogP contribution is 2.20. The van der Waals surface area contributed by atoms with Gasteiger partial charge in [0.25, 0.3) is 0 Å². The van der Waals surface area contributed by atoms with Gasteiger partial charge in [0, 0.05) is 12.8 Å². The van der Waals surface area contributed by atoms with Crippen LogP contribution in [0.2, 0.25) is 0 Å². The SMILES string of the molecule is CCCCCCC/C=C\C/C=C\C/C=C\CCCCCCCCCCCCCCCCCCCCCCCCCCC(=O)OC(COC(=O)CCCCCCCCCCCCCCCCCCCCCCCCCCCCCCCCC)COC(OCC[N+](C)(C)C)C(=O)[O-]. The lowest BCUT2D eigenvalue weighted by Gasteiger charge is -2.26. The number of hydrogen-bond donors (Lipinski definition) is 0. The van der Waals surface area contributed by atoms with E-state index in [0.29, 0.717) is 17.4 Å². The number of carbonyl (C=O) groups is 3. The fourth-order valence-electron chi connectivity index (χ4n) is 13.0. The van der Waals surface area contributed by atoms with Crippen LogP contribution in [0.4, 0.5) is 0 Å². The van der Waals surface area contributed by atoms with E-state index in [0.717, 1.165) is 51.4 Å². The molecule has 0 heterocycles. The van der Waals surface area contributed by atoms with Crippen LogP contribution >= 0.6 is 0 Å². The summed E-state index contributed by atoms with van der Waals surface area (Å²) in [6, 6.07) is 0. The second-order valence-electron chi connectivity index (χ2n) is 30.1. The lowest BCUT2D eigenvalue weighted by molar-refractivity contribution is -0.870. The smallest absolute Gasteiger partial charge is 0.306 e. The Balaban J connectivity index is 3.93. The highest BCUT2D eigenvalue weighted by Gasteiger charge is 2.22. The van der Waals surface area contributed by atoms with Crippen molar-refractivity contribution in [2.45, 2.75) is 450 Å². The molecule has 0 aromatic carbocycles. The largest absolute Gasteiger partial charge is 0.545 e. The number of rotatable bonds is 80. The van der Waals surface area contributed by atoms with E-state index in [1.165, 1.54) is 360 Å². The molecule has 560 valence electrons. The van der Waals surface area contributed by atoms with Gasteiger partial charge in [0.15, 0.2) is 12.4 Å². The highest BCUT2D eigenvalue weighted by molar-refractivity contribution is 5.70. The number of esters is 2. The number of quaternary nitrogens is 1. The number of carboxylic acids is 1. The number of carbonyl (C=O) groups excluding carboxylic acids is 3. The summed E-state index contributed by atoms with van der Waals surface area (Å²) in [5, 5.41) is 11.9. The van der Waals surface area contributed by atoms with E-state index in [2.05, 4.69) is 50.3 Å². The van der Waals surface area contributed by atoms with Crippen molar-refractivity contribution in [2.75, 3.05) is 47.5 Å². The first-order chi connectivity index (χ1) is 46.6. The molecule has 0 aromatic rings. The maximum atomic E-state index is 13.0. The fourth-order valence-corrected chi connectivity index (χ4v) is 13.0. The Kier molecular flexibility index (Phi) is 75.2. The molecule has 0 rings (SSSR count). The third-order valence-electron chi connectivity index (χ3n) is 19.4. The number of allylic oxidation sites excluding steroid dienone is 6. The van der Waals surface area contributed by atoms with Crippen molar-refractivity contribution in [1.82, 2.24) is 0 Å². The monoisotopic (exact) mass is 1340 g/mol. The highest BCUT2D eigenvalue weighted by atomic mass is 16.7. The van der Waals surface area contributed by atoms with Crippen LogP contribution in [0.15, 0.2) is 36.5 Å². The molecule has 0 saturated carbocycles. The number of aliphatic carboxylic acids is 1. The molecule has 0 aliphatic heterocycles. The minimum absolute atomic E-state index is 0.152. The number of nitrogens with zero attached hydrogens (tertiary/aromatic N) is 1. The van der Waals surface area contributed by atoms with Crippen LogP contribution in [0.1, 0.15) is 438 Å². The second-order valence-corrected chi connectivity index (χ2v) is 30.1. The van der Waals surface area contributed by atoms with Crippen LogP contribution in [-0.2, 0) is 33.3 Å². The normalized spacial score (nSPS) is 12.7. The van der Waals surface area contributed by atoms with E-state index in [1.807, 2.05) is 21.1 Å². The minimum Gasteiger partial charge on any atom is -0.545 e. The van der Waals surface area contributed by atoms with Crippen molar-refractivity contribution in [1.29, 1.82) is 0 Å². The lowest BCUT2D eigenvalue weighted by Crippen LogP contribution is -2.44. The Labute approximate surface area is 591 Å². The quantitative estimate of drug-likeness (QED) is 0.0195.